The van der Waals surface area contributed by atoms with Gasteiger partial charge in [0, 0.05) is 23.5 Å². The molecule has 27 heavy (non-hydrogen) atoms. The Morgan fingerprint density at radius 1 is 1.37 bits per heavy atom. The molecule has 144 valence electrons. The molecule has 3 rings (SSSR count). The summed E-state index contributed by atoms with van der Waals surface area (Å²) in [5.74, 6) is -0.431. The van der Waals surface area contributed by atoms with Gasteiger partial charge in [0.25, 0.3) is 11.8 Å². The molecule has 0 saturated carbocycles. The summed E-state index contributed by atoms with van der Waals surface area (Å²) in [6, 6.07) is 2.68. The van der Waals surface area contributed by atoms with E-state index < -0.39 is 18.8 Å². The molecule has 2 aromatic heterocycles. The van der Waals surface area contributed by atoms with Crippen molar-refractivity contribution >= 4 is 17.5 Å². The summed E-state index contributed by atoms with van der Waals surface area (Å²) in [5.41, 5.74) is 1.70. The fourth-order valence-electron chi connectivity index (χ4n) is 2.79. The number of rotatable bonds is 5. The third kappa shape index (κ3) is 3.92. The summed E-state index contributed by atoms with van der Waals surface area (Å²) >= 11 is 6.06. The number of fused-ring (bicyclic) bond motifs is 1. The second kappa shape index (κ2) is 7.22. The fourth-order valence-corrected chi connectivity index (χ4v) is 3.01. The lowest BCUT2D eigenvalue weighted by molar-refractivity contribution is -0.154. The smallest absolute Gasteiger partial charge is 0.422 e. The lowest BCUT2D eigenvalue weighted by Crippen LogP contribution is -2.27. The highest BCUT2D eigenvalue weighted by Gasteiger charge is 2.34. The van der Waals surface area contributed by atoms with Crippen LogP contribution in [0.25, 0.3) is 0 Å². The average Bonchev–Trinajstić information content (AvgIpc) is 2.97. The number of halogens is 4. The molecular weight excluding hydrogens is 387 g/mol. The van der Waals surface area contributed by atoms with Crippen LogP contribution in [0.4, 0.5) is 13.2 Å². The van der Waals surface area contributed by atoms with Crippen LogP contribution in [0.3, 0.4) is 0 Å². The van der Waals surface area contributed by atoms with Crippen LogP contribution in [-0.2, 0) is 6.54 Å². The zero-order valence-electron chi connectivity index (χ0n) is 14.4. The third-order valence-electron chi connectivity index (χ3n) is 4.20. The lowest BCUT2D eigenvalue weighted by atomic mass is 10.1. The highest BCUT2D eigenvalue weighted by atomic mass is 35.5. The Morgan fingerprint density at radius 3 is 2.74 bits per heavy atom. The van der Waals surface area contributed by atoms with Crippen molar-refractivity contribution in [1.29, 1.82) is 0 Å². The van der Waals surface area contributed by atoms with Crippen LogP contribution in [0.2, 0.25) is 5.15 Å². The maximum Gasteiger partial charge on any atom is 0.422 e. The number of hydrogen-bond donors (Lipinski definition) is 0. The van der Waals surface area contributed by atoms with Gasteiger partial charge in [-0.3, -0.25) is 4.79 Å². The molecule has 1 aliphatic heterocycles. The largest absolute Gasteiger partial charge is 0.491 e. The summed E-state index contributed by atoms with van der Waals surface area (Å²) in [6.45, 7) is 0.575. The molecule has 1 atom stereocenters. The van der Waals surface area contributed by atoms with Gasteiger partial charge in [-0.15, -0.1) is 0 Å². The minimum atomic E-state index is -4.49. The van der Waals surface area contributed by atoms with Crippen LogP contribution in [0.5, 0.6) is 11.6 Å². The van der Waals surface area contributed by atoms with Gasteiger partial charge in [-0.25, -0.2) is 9.97 Å². The van der Waals surface area contributed by atoms with Crippen LogP contribution >= 0.6 is 11.6 Å². The number of carbonyl (C=O) groups is 1. The maximum absolute atomic E-state index is 12.6. The number of nitrogens with zero attached hydrogens (tertiary/aromatic N) is 3. The summed E-state index contributed by atoms with van der Waals surface area (Å²) in [4.78, 5) is 22.1. The zero-order chi connectivity index (χ0) is 19.8. The Labute approximate surface area is 157 Å². The molecule has 6 nitrogen and oxygen atoms in total. The molecule has 3 heterocycles. The maximum atomic E-state index is 12.6. The Kier molecular flexibility index (Phi) is 5.14. The summed E-state index contributed by atoms with van der Waals surface area (Å²) < 4.78 is 46.8. The van der Waals surface area contributed by atoms with Gasteiger partial charge in [-0.2, -0.15) is 13.2 Å². The number of aromatic nitrogens is 2. The second-order valence-corrected chi connectivity index (χ2v) is 6.27. The van der Waals surface area contributed by atoms with E-state index in [2.05, 4.69) is 14.7 Å². The molecule has 0 spiro atoms. The van der Waals surface area contributed by atoms with Crippen LogP contribution < -0.4 is 9.47 Å². The summed E-state index contributed by atoms with van der Waals surface area (Å²) in [6.07, 6.45) is -1.67. The van der Waals surface area contributed by atoms with Crippen LogP contribution in [0.1, 0.15) is 34.5 Å². The van der Waals surface area contributed by atoms with E-state index >= 15 is 0 Å². The first kappa shape index (κ1) is 19.2. The van der Waals surface area contributed by atoms with E-state index in [9.17, 15) is 18.0 Å². The van der Waals surface area contributed by atoms with E-state index in [0.29, 0.717) is 16.7 Å². The zero-order valence-corrected chi connectivity index (χ0v) is 15.1. The van der Waals surface area contributed by atoms with Crippen molar-refractivity contribution in [2.24, 2.45) is 0 Å². The lowest BCUT2D eigenvalue weighted by Gasteiger charge is -2.25. The van der Waals surface area contributed by atoms with Crippen molar-refractivity contribution in [3.05, 3.63) is 46.4 Å². The Hall–Kier alpha value is -2.55. The number of hydrogen-bond acceptors (Lipinski definition) is 5. The van der Waals surface area contributed by atoms with E-state index in [-0.39, 0.29) is 29.2 Å². The topological polar surface area (TPSA) is 64.5 Å². The van der Waals surface area contributed by atoms with E-state index in [0.717, 1.165) is 0 Å². The average molecular weight is 402 g/mol. The first-order valence-corrected chi connectivity index (χ1v) is 8.27. The second-order valence-electron chi connectivity index (χ2n) is 5.92. The minimum Gasteiger partial charge on any atom is -0.491 e. The number of ether oxygens (including phenoxy) is 2. The first-order chi connectivity index (χ1) is 12.7. The van der Waals surface area contributed by atoms with Gasteiger partial charge in [0.05, 0.1) is 19.7 Å². The Balaban J connectivity index is 1.82. The molecule has 0 fully saturated rings. The van der Waals surface area contributed by atoms with Gasteiger partial charge in [0.2, 0.25) is 0 Å². The number of methoxy groups -OCH3 is 1. The van der Waals surface area contributed by atoms with E-state index in [4.69, 9.17) is 16.3 Å². The summed E-state index contributed by atoms with van der Waals surface area (Å²) in [7, 11) is 1.30. The van der Waals surface area contributed by atoms with Gasteiger partial charge in [-0.05, 0) is 24.6 Å². The molecule has 0 radical (unpaired) electrons. The molecule has 10 heteroatoms. The summed E-state index contributed by atoms with van der Waals surface area (Å²) in [5, 5.41) is 0.266. The minimum absolute atomic E-state index is 0.0486. The molecule has 0 bridgehead atoms. The monoisotopic (exact) mass is 401 g/mol. The third-order valence-corrected chi connectivity index (χ3v) is 4.53. The number of amides is 1. The molecule has 0 N–H and O–H groups in total. The van der Waals surface area contributed by atoms with E-state index in [1.807, 2.05) is 0 Å². The Morgan fingerprint density at radius 2 is 2.11 bits per heavy atom. The number of carbonyl (C=O) groups excluding carboxylic acids is 1. The molecule has 1 amide bonds. The van der Waals surface area contributed by atoms with Gasteiger partial charge >= 0.3 is 6.18 Å². The van der Waals surface area contributed by atoms with Crippen molar-refractivity contribution in [3.63, 3.8) is 0 Å². The predicted molar refractivity (Wildman–Crippen MR) is 89.9 cm³/mol. The van der Waals surface area contributed by atoms with Crippen molar-refractivity contribution in [1.82, 2.24) is 14.9 Å². The van der Waals surface area contributed by atoms with E-state index in [1.54, 1.807) is 17.9 Å². The molecule has 0 saturated heterocycles. The van der Waals surface area contributed by atoms with Gasteiger partial charge in [0.15, 0.2) is 12.4 Å². The van der Waals surface area contributed by atoms with E-state index in [1.165, 1.54) is 25.6 Å². The van der Waals surface area contributed by atoms with Crippen LogP contribution in [0, 0.1) is 0 Å². The molecule has 2 aromatic rings. The van der Waals surface area contributed by atoms with Crippen molar-refractivity contribution < 1.29 is 27.4 Å². The normalized spacial score (nSPS) is 14.9. The Bertz CT molecular complexity index is 876. The SMILES string of the molecule is COc1cc(C(C)N2Cc3c(ccnc3Cl)C2=O)cnc1OCC(F)(F)F. The molecule has 0 aromatic carbocycles. The number of pyridine rings is 2. The number of alkyl halides is 3. The predicted octanol–water partition coefficient (Wildman–Crippen LogP) is 3.80. The van der Waals surface area contributed by atoms with Gasteiger partial charge in [-0.1, -0.05) is 11.6 Å². The van der Waals surface area contributed by atoms with Gasteiger partial charge < -0.3 is 14.4 Å². The molecule has 0 aliphatic carbocycles. The fraction of sp³-hybridized carbons (Fsp3) is 0.353. The quantitative estimate of drug-likeness (QED) is 0.713. The molecular formula is C17H15ClF3N3O3. The highest BCUT2D eigenvalue weighted by molar-refractivity contribution is 6.30. The van der Waals surface area contributed by atoms with Crippen molar-refractivity contribution in [2.75, 3.05) is 13.7 Å². The highest BCUT2D eigenvalue weighted by Crippen LogP contribution is 2.36. The van der Waals surface area contributed by atoms with Crippen LogP contribution in [-0.4, -0.2) is 40.7 Å². The molecule has 1 unspecified atom stereocenters. The van der Waals surface area contributed by atoms with Crippen LogP contribution in [0.15, 0.2) is 24.5 Å². The standard InChI is InChI=1S/C17H15ClF3N3O3/c1-9(24-7-12-11(16(24)25)3-4-22-14(12)18)10-5-13(26-2)15(23-6-10)27-8-17(19,20)21/h3-6,9H,7-8H2,1-2H3. The van der Waals surface area contributed by atoms with Crippen molar-refractivity contribution in [3.8, 4) is 11.6 Å². The first-order valence-electron chi connectivity index (χ1n) is 7.89. The van der Waals surface area contributed by atoms with Gasteiger partial charge in [0.1, 0.15) is 5.15 Å². The van der Waals surface area contributed by atoms with Crippen molar-refractivity contribution in [2.45, 2.75) is 25.7 Å². The molecule has 1 aliphatic rings.